The average molecular weight is 568 g/mol. The maximum absolute atomic E-state index is 13.9. The molecule has 2 amide bonds. The van der Waals surface area contributed by atoms with Gasteiger partial charge in [-0.15, -0.1) is 0 Å². The Balaban J connectivity index is 1.95. The van der Waals surface area contributed by atoms with Crippen LogP contribution in [0.3, 0.4) is 0 Å². The van der Waals surface area contributed by atoms with E-state index in [1.54, 1.807) is 44.2 Å². The molecular weight excluding hydrogens is 546 g/mol. The van der Waals surface area contributed by atoms with Crippen LogP contribution in [0.5, 0.6) is 11.5 Å². The molecule has 0 bridgehead atoms. The predicted octanol–water partition coefficient (Wildman–Crippen LogP) is 4.40. The van der Waals surface area contributed by atoms with E-state index in [0.717, 1.165) is 0 Å². The lowest BCUT2D eigenvalue weighted by atomic mass is 10.1. The number of hydrogen-bond donors (Lipinski definition) is 0. The van der Waals surface area contributed by atoms with Crippen LogP contribution in [0.1, 0.15) is 25.0 Å². The highest BCUT2D eigenvalue weighted by Crippen LogP contribution is 2.35. The third kappa shape index (κ3) is 4.78. The largest absolute Gasteiger partial charge is 0.493 e. The number of ether oxygens (including phenoxy) is 2. The van der Waals surface area contributed by atoms with Crippen LogP contribution in [-0.2, 0) is 16.2 Å². The number of methoxy groups -OCH3 is 1. The number of hydrogen-bond acceptors (Lipinski definition) is 5. The fourth-order valence-electron chi connectivity index (χ4n) is 3.28. The normalized spacial score (nSPS) is 14.2. The van der Waals surface area contributed by atoms with Crippen molar-refractivity contribution in [2.45, 2.75) is 20.5 Å². The van der Waals surface area contributed by atoms with Crippen molar-refractivity contribution >= 4 is 57.8 Å². The van der Waals surface area contributed by atoms with E-state index in [0.29, 0.717) is 39.3 Å². The Bertz CT molecular complexity index is 1080. The monoisotopic (exact) mass is 568 g/mol. The first-order valence-electron chi connectivity index (χ1n) is 9.95. The Morgan fingerprint density at radius 1 is 1.09 bits per heavy atom. The molecule has 168 valence electrons. The van der Waals surface area contributed by atoms with Crippen LogP contribution in [0.4, 0.5) is 4.39 Å². The maximum atomic E-state index is 13.9. The van der Waals surface area contributed by atoms with Gasteiger partial charge in [0, 0.05) is 18.7 Å². The van der Waals surface area contributed by atoms with Crippen molar-refractivity contribution in [3.63, 3.8) is 0 Å². The molecule has 32 heavy (non-hydrogen) atoms. The second-order valence-corrected chi connectivity index (χ2v) is 8.38. The van der Waals surface area contributed by atoms with Crippen LogP contribution in [0.2, 0.25) is 0 Å². The van der Waals surface area contributed by atoms with Crippen molar-refractivity contribution in [1.82, 2.24) is 9.80 Å². The van der Waals surface area contributed by atoms with Crippen molar-refractivity contribution < 1.29 is 23.5 Å². The number of carbonyl (C=O) groups excluding carboxylic acids is 2. The molecule has 2 aromatic carbocycles. The zero-order chi connectivity index (χ0) is 23.4. The Morgan fingerprint density at radius 3 is 2.28 bits per heavy atom. The zero-order valence-corrected chi connectivity index (χ0v) is 20.8. The van der Waals surface area contributed by atoms with Crippen LogP contribution < -0.4 is 9.47 Å². The van der Waals surface area contributed by atoms with E-state index in [9.17, 15) is 14.0 Å². The number of likely N-dealkylation sites (N-methyl/N-ethyl adjacent to an activating group) is 2. The number of nitrogens with zero attached hydrogens (tertiary/aromatic N) is 2. The van der Waals surface area contributed by atoms with E-state index in [-0.39, 0.29) is 23.1 Å². The van der Waals surface area contributed by atoms with E-state index < -0.39 is 11.8 Å². The molecule has 0 unspecified atom stereocenters. The van der Waals surface area contributed by atoms with Crippen molar-refractivity contribution in [2.75, 3.05) is 20.2 Å². The highest BCUT2D eigenvalue weighted by Gasteiger charge is 2.37. The first kappa shape index (κ1) is 24.1. The molecule has 1 aliphatic heterocycles. The molecule has 0 N–H and O–H groups in total. The molecule has 1 heterocycles. The summed E-state index contributed by atoms with van der Waals surface area (Å²) in [4.78, 5) is 28.5. The Morgan fingerprint density at radius 2 is 1.72 bits per heavy atom. The first-order valence-corrected chi connectivity index (χ1v) is 11.4. The van der Waals surface area contributed by atoms with Crippen LogP contribution in [-0.4, -0.2) is 46.9 Å². The Labute approximate surface area is 205 Å². The average Bonchev–Trinajstić information content (AvgIpc) is 2.77. The van der Waals surface area contributed by atoms with Crippen LogP contribution in [0, 0.1) is 9.39 Å². The van der Waals surface area contributed by atoms with Crippen molar-refractivity contribution in [3.05, 3.63) is 62.5 Å². The fraction of sp³-hybridized carbons (Fsp3) is 0.261. The third-order valence-electron chi connectivity index (χ3n) is 4.94. The molecule has 1 aliphatic rings. The van der Waals surface area contributed by atoms with Crippen LogP contribution in [0.15, 0.2) is 42.0 Å². The van der Waals surface area contributed by atoms with Gasteiger partial charge in [-0.05, 0) is 78.5 Å². The van der Waals surface area contributed by atoms with Gasteiger partial charge in [0.2, 0.25) is 0 Å². The first-order chi connectivity index (χ1) is 15.3. The maximum Gasteiger partial charge on any atom is 0.265 e. The quantitative estimate of drug-likeness (QED) is 0.215. The molecule has 0 radical (unpaired) electrons. The van der Waals surface area contributed by atoms with Gasteiger partial charge in [-0.2, -0.15) is 0 Å². The molecule has 3 rings (SSSR count). The van der Waals surface area contributed by atoms with Crippen molar-refractivity contribution in [2.24, 2.45) is 0 Å². The van der Waals surface area contributed by atoms with Gasteiger partial charge in [-0.3, -0.25) is 19.4 Å². The SMILES string of the molecule is CCN1C(=O)C(=Cc2cc(I)c(OCc3ccccc3F)c(OC)c2)C(=O)N(CC)C1=S. The third-order valence-corrected chi connectivity index (χ3v) is 6.18. The molecule has 0 atom stereocenters. The van der Waals surface area contributed by atoms with E-state index in [1.807, 2.05) is 0 Å². The van der Waals surface area contributed by atoms with Gasteiger partial charge < -0.3 is 9.47 Å². The molecule has 0 spiro atoms. The molecule has 0 saturated carbocycles. The minimum Gasteiger partial charge on any atom is -0.493 e. The van der Waals surface area contributed by atoms with Gasteiger partial charge in [0.05, 0.1) is 10.7 Å². The minimum atomic E-state index is -0.430. The van der Waals surface area contributed by atoms with E-state index in [2.05, 4.69) is 22.6 Å². The van der Waals surface area contributed by atoms with Gasteiger partial charge in [0.25, 0.3) is 11.8 Å². The van der Waals surface area contributed by atoms with Crippen LogP contribution >= 0.6 is 34.8 Å². The summed E-state index contributed by atoms with van der Waals surface area (Å²) in [5.41, 5.74) is 1.05. The fourth-order valence-corrected chi connectivity index (χ4v) is 4.48. The number of carbonyl (C=O) groups is 2. The smallest absolute Gasteiger partial charge is 0.265 e. The highest BCUT2D eigenvalue weighted by atomic mass is 127. The second-order valence-electron chi connectivity index (χ2n) is 6.85. The number of rotatable bonds is 7. The molecule has 6 nitrogen and oxygen atoms in total. The number of amides is 2. The zero-order valence-electron chi connectivity index (χ0n) is 17.9. The lowest BCUT2D eigenvalue weighted by molar-refractivity contribution is -0.133. The van der Waals surface area contributed by atoms with Gasteiger partial charge in [0.1, 0.15) is 18.0 Å². The number of thiocarbonyl (C=S) groups is 1. The summed E-state index contributed by atoms with van der Waals surface area (Å²) in [7, 11) is 1.49. The summed E-state index contributed by atoms with van der Waals surface area (Å²) in [6.07, 6.45) is 1.53. The predicted molar refractivity (Wildman–Crippen MR) is 132 cm³/mol. The molecule has 2 aromatic rings. The van der Waals surface area contributed by atoms with Crippen molar-refractivity contribution in [1.29, 1.82) is 0 Å². The summed E-state index contributed by atoms with van der Waals surface area (Å²) < 4.78 is 25.9. The summed E-state index contributed by atoms with van der Waals surface area (Å²) in [5.74, 6) is -0.351. The Hall–Kier alpha value is -2.53. The molecule has 1 saturated heterocycles. The molecule has 9 heteroatoms. The Kier molecular flexibility index (Phi) is 7.83. The van der Waals surface area contributed by atoms with Gasteiger partial charge in [-0.25, -0.2) is 4.39 Å². The minimum absolute atomic E-state index is 0.0279. The summed E-state index contributed by atoms with van der Waals surface area (Å²) in [5, 5.41) is 0.214. The molecule has 1 fully saturated rings. The molecule has 0 aliphatic carbocycles. The van der Waals surface area contributed by atoms with E-state index >= 15 is 0 Å². The second kappa shape index (κ2) is 10.4. The summed E-state index contributed by atoms with van der Waals surface area (Å²) in [6.45, 7) is 4.37. The number of halogens is 2. The highest BCUT2D eigenvalue weighted by molar-refractivity contribution is 14.1. The molecular formula is C23H22FIN2O4S. The molecule has 0 aromatic heterocycles. The van der Waals surface area contributed by atoms with Crippen molar-refractivity contribution in [3.8, 4) is 11.5 Å². The summed E-state index contributed by atoms with van der Waals surface area (Å²) >= 11 is 7.37. The topological polar surface area (TPSA) is 59.1 Å². The van der Waals surface area contributed by atoms with Gasteiger partial charge in [-0.1, -0.05) is 18.2 Å². The van der Waals surface area contributed by atoms with E-state index in [4.69, 9.17) is 21.7 Å². The number of benzene rings is 2. The van der Waals surface area contributed by atoms with Gasteiger partial charge >= 0.3 is 0 Å². The van der Waals surface area contributed by atoms with Crippen LogP contribution in [0.25, 0.3) is 6.08 Å². The van der Waals surface area contributed by atoms with E-state index in [1.165, 1.54) is 29.1 Å². The summed E-state index contributed by atoms with van der Waals surface area (Å²) in [6, 6.07) is 9.82. The lowest BCUT2D eigenvalue weighted by Crippen LogP contribution is -2.55. The lowest BCUT2D eigenvalue weighted by Gasteiger charge is -2.35. The standard InChI is InChI=1S/C23H22FIN2O4S/c1-4-26-21(28)16(22(29)27(5-2)23(26)32)10-14-11-18(25)20(19(12-14)30-3)31-13-15-8-6-7-9-17(15)24/h6-12H,4-5,13H2,1-3H3. The van der Waals surface area contributed by atoms with Gasteiger partial charge in [0.15, 0.2) is 16.6 Å².